The van der Waals surface area contributed by atoms with Crippen LogP contribution in [0.4, 0.5) is 0 Å². The van der Waals surface area contributed by atoms with Gasteiger partial charge in [0.1, 0.15) is 11.2 Å². The summed E-state index contributed by atoms with van der Waals surface area (Å²) < 4.78 is 11.1. The maximum Gasteiger partial charge on any atom is 0.164 e. The number of furan rings is 1. The van der Waals surface area contributed by atoms with Crippen LogP contribution in [-0.2, 0) is 0 Å². The summed E-state index contributed by atoms with van der Waals surface area (Å²) >= 11 is 1.80. The SMILES string of the molecule is c1ccc(-c2nc(-c3ccc4c(c3)oc3ccccc34)nc(-c3ccc4c(c3)sc3cc(-c5ccccc5-c5cccc6c5c5ccccc5n6-c5ccccc5)ccc34)n2)cc1. The van der Waals surface area contributed by atoms with E-state index in [2.05, 4.69) is 156 Å². The van der Waals surface area contributed by atoms with Crippen molar-refractivity contribution in [2.75, 3.05) is 0 Å². The molecule has 0 bridgehead atoms. The molecule has 0 unspecified atom stereocenters. The van der Waals surface area contributed by atoms with E-state index in [1.807, 2.05) is 54.6 Å². The fourth-order valence-corrected chi connectivity index (χ4v) is 10.6. The monoisotopic (exact) mass is 822 g/mol. The lowest BCUT2D eigenvalue weighted by molar-refractivity contribution is 0.669. The molecule has 0 saturated carbocycles. The van der Waals surface area contributed by atoms with Crippen molar-refractivity contribution in [3.05, 3.63) is 206 Å². The first-order chi connectivity index (χ1) is 31.2. The molecular weight excluding hydrogens is 789 g/mol. The molecule has 13 rings (SSSR count). The molecule has 0 fully saturated rings. The Kier molecular flexibility index (Phi) is 8.01. The van der Waals surface area contributed by atoms with Gasteiger partial charge in [-0.1, -0.05) is 152 Å². The van der Waals surface area contributed by atoms with Gasteiger partial charge in [0.15, 0.2) is 17.5 Å². The number of thiophene rings is 1. The molecule has 13 aromatic rings. The van der Waals surface area contributed by atoms with Crippen molar-refractivity contribution < 1.29 is 4.42 Å². The maximum absolute atomic E-state index is 6.26. The normalized spacial score (nSPS) is 11.8. The molecule has 0 radical (unpaired) electrons. The lowest BCUT2D eigenvalue weighted by atomic mass is 9.91. The predicted molar refractivity (Wildman–Crippen MR) is 262 cm³/mol. The highest BCUT2D eigenvalue weighted by Gasteiger charge is 2.20. The fourth-order valence-electron chi connectivity index (χ4n) is 9.37. The lowest BCUT2D eigenvalue weighted by Crippen LogP contribution is -2.00. The molecule has 5 nitrogen and oxygen atoms in total. The van der Waals surface area contributed by atoms with E-state index in [0.717, 1.165) is 44.3 Å². The predicted octanol–water partition coefficient (Wildman–Crippen LogP) is 15.6. The van der Waals surface area contributed by atoms with Gasteiger partial charge in [0.25, 0.3) is 0 Å². The van der Waals surface area contributed by atoms with E-state index in [0.29, 0.717) is 17.5 Å². The van der Waals surface area contributed by atoms with E-state index < -0.39 is 0 Å². The van der Waals surface area contributed by atoms with Crippen LogP contribution < -0.4 is 0 Å². The smallest absolute Gasteiger partial charge is 0.164 e. The van der Waals surface area contributed by atoms with Crippen molar-refractivity contribution in [1.82, 2.24) is 19.5 Å². The van der Waals surface area contributed by atoms with E-state index in [4.69, 9.17) is 19.4 Å². The van der Waals surface area contributed by atoms with Crippen LogP contribution in [0.5, 0.6) is 0 Å². The Morgan fingerprint density at radius 1 is 0.349 bits per heavy atom. The molecule has 0 atom stereocenters. The zero-order valence-electron chi connectivity index (χ0n) is 33.7. The van der Waals surface area contributed by atoms with Crippen molar-refractivity contribution in [3.63, 3.8) is 0 Å². The zero-order valence-corrected chi connectivity index (χ0v) is 34.6. The van der Waals surface area contributed by atoms with Crippen molar-refractivity contribution in [1.29, 1.82) is 0 Å². The third kappa shape index (κ3) is 5.80. The molecule has 294 valence electrons. The Hall–Kier alpha value is -8.19. The molecule has 4 heterocycles. The van der Waals surface area contributed by atoms with Crippen LogP contribution in [-0.4, -0.2) is 19.5 Å². The Morgan fingerprint density at radius 3 is 1.67 bits per heavy atom. The van der Waals surface area contributed by atoms with Crippen molar-refractivity contribution in [2.24, 2.45) is 0 Å². The van der Waals surface area contributed by atoms with Crippen LogP contribution in [0.3, 0.4) is 0 Å². The minimum absolute atomic E-state index is 0.598. The number of para-hydroxylation sites is 3. The van der Waals surface area contributed by atoms with Gasteiger partial charge in [0.2, 0.25) is 0 Å². The quantitative estimate of drug-likeness (QED) is 0.168. The van der Waals surface area contributed by atoms with Gasteiger partial charge in [-0.25, -0.2) is 15.0 Å². The third-order valence-electron chi connectivity index (χ3n) is 12.3. The van der Waals surface area contributed by atoms with Gasteiger partial charge < -0.3 is 8.98 Å². The van der Waals surface area contributed by atoms with E-state index in [9.17, 15) is 0 Å². The average Bonchev–Trinajstić information content (AvgIpc) is 4.03. The minimum atomic E-state index is 0.598. The maximum atomic E-state index is 6.26. The Morgan fingerprint density at radius 2 is 0.889 bits per heavy atom. The number of nitrogens with zero attached hydrogens (tertiary/aromatic N) is 4. The van der Waals surface area contributed by atoms with E-state index >= 15 is 0 Å². The summed E-state index contributed by atoms with van der Waals surface area (Å²) in [6.45, 7) is 0. The number of fused-ring (bicyclic) bond motifs is 9. The van der Waals surface area contributed by atoms with Crippen LogP contribution in [0.2, 0.25) is 0 Å². The van der Waals surface area contributed by atoms with E-state index in [1.165, 1.54) is 64.2 Å². The van der Waals surface area contributed by atoms with Crippen LogP contribution in [0.15, 0.2) is 211 Å². The molecule has 63 heavy (non-hydrogen) atoms. The second-order valence-electron chi connectivity index (χ2n) is 15.9. The van der Waals surface area contributed by atoms with Gasteiger partial charge in [0, 0.05) is 64.1 Å². The highest BCUT2D eigenvalue weighted by molar-refractivity contribution is 7.25. The molecule has 6 heteroatoms. The standard InChI is InChI=1S/C57H34N4OS/c1-3-14-35(15-4-1)55-58-56(37-27-29-43-42-20-10-12-25-50(42)62-51(43)32-37)60-57(59-55)38-28-31-45-44-30-26-36(33-52(44)63-53(45)34-38)40-18-7-8-19-41(40)46-22-13-24-49-54(46)47-21-9-11-23-48(47)61(49)39-16-5-2-6-17-39/h1-34H. The first-order valence-electron chi connectivity index (χ1n) is 21.1. The molecule has 0 saturated heterocycles. The van der Waals surface area contributed by atoms with Gasteiger partial charge in [0.05, 0.1) is 11.0 Å². The molecule has 0 aliphatic rings. The molecule has 0 N–H and O–H groups in total. The summed E-state index contributed by atoms with van der Waals surface area (Å²) in [7, 11) is 0. The van der Waals surface area contributed by atoms with E-state index in [1.54, 1.807) is 11.3 Å². The van der Waals surface area contributed by atoms with E-state index in [-0.39, 0.29) is 0 Å². The number of benzene rings is 9. The van der Waals surface area contributed by atoms with Crippen molar-refractivity contribution in [2.45, 2.75) is 0 Å². The van der Waals surface area contributed by atoms with Gasteiger partial charge in [-0.05, 0) is 76.9 Å². The van der Waals surface area contributed by atoms with Crippen LogP contribution in [0, 0.1) is 0 Å². The average molecular weight is 823 g/mol. The van der Waals surface area contributed by atoms with Crippen LogP contribution in [0.1, 0.15) is 0 Å². The van der Waals surface area contributed by atoms with Gasteiger partial charge in [-0.15, -0.1) is 11.3 Å². The van der Waals surface area contributed by atoms with Gasteiger partial charge >= 0.3 is 0 Å². The summed E-state index contributed by atoms with van der Waals surface area (Å²) in [6.07, 6.45) is 0. The molecule has 9 aromatic carbocycles. The molecule has 0 aliphatic heterocycles. The van der Waals surface area contributed by atoms with Crippen molar-refractivity contribution >= 4 is 75.3 Å². The molecular formula is C57H34N4OS. The number of aromatic nitrogens is 4. The Balaban J connectivity index is 0.921. The lowest BCUT2D eigenvalue weighted by Gasteiger charge is -2.13. The summed E-state index contributed by atoms with van der Waals surface area (Å²) in [5.41, 5.74) is 12.8. The fraction of sp³-hybridized carbons (Fsp3) is 0. The summed E-state index contributed by atoms with van der Waals surface area (Å²) in [4.78, 5) is 15.2. The first-order valence-corrected chi connectivity index (χ1v) is 21.9. The Bertz CT molecular complexity index is 3920. The molecule has 0 aliphatic carbocycles. The summed E-state index contributed by atoms with van der Waals surface area (Å²) in [5.74, 6) is 1.85. The zero-order chi connectivity index (χ0) is 41.4. The summed E-state index contributed by atoms with van der Waals surface area (Å²) in [5, 5.41) is 7.10. The van der Waals surface area contributed by atoms with Gasteiger partial charge in [-0.2, -0.15) is 0 Å². The first kappa shape index (κ1) is 35.6. The second-order valence-corrected chi connectivity index (χ2v) is 17.0. The summed E-state index contributed by atoms with van der Waals surface area (Å²) in [6, 6.07) is 72.9. The molecule has 4 aromatic heterocycles. The highest BCUT2D eigenvalue weighted by Crippen LogP contribution is 2.44. The molecule has 0 amide bonds. The Labute approximate surface area is 365 Å². The second kappa shape index (κ2) is 14.2. The van der Waals surface area contributed by atoms with Crippen molar-refractivity contribution in [3.8, 4) is 62.1 Å². The number of hydrogen-bond acceptors (Lipinski definition) is 5. The highest BCUT2D eigenvalue weighted by atomic mass is 32.1. The topological polar surface area (TPSA) is 56.7 Å². The number of hydrogen-bond donors (Lipinski definition) is 0. The van der Waals surface area contributed by atoms with Crippen LogP contribution in [0.25, 0.3) is 126 Å². The minimum Gasteiger partial charge on any atom is -0.456 e. The number of rotatable bonds is 6. The van der Waals surface area contributed by atoms with Gasteiger partial charge in [-0.3, -0.25) is 0 Å². The van der Waals surface area contributed by atoms with Crippen LogP contribution >= 0.6 is 11.3 Å². The molecule has 0 spiro atoms. The largest absolute Gasteiger partial charge is 0.456 e. The third-order valence-corrected chi connectivity index (χ3v) is 13.4.